The number of hydrogen-bond donors (Lipinski definition) is 2. The summed E-state index contributed by atoms with van der Waals surface area (Å²) < 4.78 is 12.9. The Labute approximate surface area is 94.1 Å². The van der Waals surface area contributed by atoms with Gasteiger partial charge in [-0.3, -0.25) is 0 Å². The highest BCUT2D eigenvalue weighted by Gasteiger charge is 2.10. The van der Waals surface area contributed by atoms with Crippen LogP contribution in [0.5, 0.6) is 0 Å². The number of aliphatic hydroxyl groups is 1. The molecule has 0 fully saturated rings. The van der Waals surface area contributed by atoms with Crippen LogP contribution in [0.4, 0.5) is 4.39 Å². The molecule has 0 saturated heterocycles. The first kappa shape index (κ1) is 12.4. The number of halogens is 2. The zero-order chi connectivity index (χ0) is 11.3. The van der Waals surface area contributed by atoms with E-state index < -0.39 is 5.82 Å². The largest absolute Gasteiger partial charge is 0.396 e. The topological polar surface area (TPSA) is 32.3 Å². The maximum Gasteiger partial charge on any atom is 0.141 e. The minimum absolute atomic E-state index is 0.107. The summed E-state index contributed by atoms with van der Waals surface area (Å²) in [5.74, 6) is -0.405. The van der Waals surface area contributed by atoms with Crippen LogP contribution in [-0.2, 0) is 0 Å². The van der Waals surface area contributed by atoms with Crippen molar-refractivity contribution < 1.29 is 9.50 Å². The van der Waals surface area contributed by atoms with Gasteiger partial charge in [-0.2, -0.15) is 0 Å². The normalized spacial score (nSPS) is 12.8. The second-order valence-electron chi connectivity index (χ2n) is 3.38. The quantitative estimate of drug-likeness (QED) is 0.816. The number of rotatable bonds is 5. The van der Waals surface area contributed by atoms with Crippen molar-refractivity contribution in [2.24, 2.45) is 0 Å². The van der Waals surface area contributed by atoms with Gasteiger partial charge in [0.1, 0.15) is 5.82 Å². The minimum Gasteiger partial charge on any atom is -0.396 e. The number of benzene rings is 1. The van der Waals surface area contributed by atoms with Crippen molar-refractivity contribution in [1.29, 1.82) is 0 Å². The highest BCUT2D eigenvalue weighted by atomic mass is 35.5. The van der Waals surface area contributed by atoms with Crippen molar-refractivity contribution in [3.8, 4) is 0 Å². The molecule has 0 bridgehead atoms. The lowest BCUT2D eigenvalue weighted by Gasteiger charge is -2.16. The van der Waals surface area contributed by atoms with Crippen molar-refractivity contribution in [2.45, 2.75) is 18.9 Å². The summed E-state index contributed by atoms with van der Waals surface area (Å²) in [4.78, 5) is 0. The van der Waals surface area contributed by atoms with E-state index in [0.29, 0.717) is 6.42 Å². The van der Waals surface area contributed by atoms with E-state index in [4.69, 9.17) is 16.7 Å². The summed E-state index contributed by atoms with van der Waals surface area (Å²) in [7, 11) is 1.83. The predicted octanol–water partition coefficient (Wildman–Crippen LogP) is 2.51. The van der Waals surface area contributed by atoms with E-state index in [2.05, 4.69) is 5.32 Å². The Hall–Kier alpha value is -0.640. The molecule has 2 nitrogen and oxygen atoms in total. The second-order valence-corrected chi connectivity index (χ2v) is 3.79. The molecule has 1 rings (SSSR count). The molecule has 0 spiro atoms. The van der Waals surface area contributed by atoms with Crippen LogP contribution in [-0.4, -0.2) is 18.8 Å². The van der Waals surface area contributed by atoms with Crippen molar-refractivity contribution in [3.63, 3.8) is 0 Å². The molecule has 84 valence electrons. The highest BCUT2D eigenvalue weighted by Crippen LogP contribution is 2.23. The van der Waals surface area contributed by atoms with Gasteiger partial charge in [0.05, 0.1) is 5.02 Å². The predicted molar refractivity (Wildman–Crippen MR) is 59.5 cm³/mol. The van der Waals surface area contributed by atoms with Crippen LogP contribution in [0.25, 0.3) is 0 Å². The molecule has 1 aromatic carbocycles. The van der Waals surface area contributed by atoms with Gasteiger partial charge in [-0.15, -0.1) is 0 Å². The second kappa shape index (κ2) is 6.05. The molecule has 0 aromatic heterocycles. The zero-order valence-corrected chi connectivity index (χ0v) is 9.39. The lowest BCUT2D eigenvalue weighted by molar-refractivity contribution is 0.276. The summed E-state index contributed by atoms with van der Waals surface area (Å²) >= 11 is 5.70. The van der Waals surface area contributed by atoms with E-state index in [1.54, 1.807) is 12.1 Å². The van der Waals surface area contributed by atoms with Crippen molar-refractivity contribution in [2.75, 3.05) is 13.7 Å². The van der Waals surface area contributed by atoms with Crippen molar-refractivity contribution in [1.82, 2.24) is 5.32 Å². The monoisotopic (exact) mass is 231 g/mol. The molecule has 2 N–H and O–H groups in total. The smallest absolute Gasteiger partial charge is 0.141 e. The Kier molecular flexibility index (Phi) is 5.02. The lowest BCUT2D eigenvalue weighted by Crippen LogP contribution is -2.16. The number of nitrogens with one attached hydrogen (secondary N) is 1. The van der Waals surface area contributed by atoms with E-state index in [0.717, 1.165) is 12.0 Å². The van der Waals surface area contributed by atoms with E-state index in [1.165, 1.54) is 6.07 Å². The molecule has 0 saturated carbocycles. The molecule has 4 heteroatoms. The maximum atomic E-state index is 12.9. The molecule has 0 radical (unpaired) electrons. The molecular weight excluding hydrogens is 217 g/mol. The van der Waals surface area contributed by atoms with Crippen LogP contribution >= 0.6 is 11.6 Å². The first-order valence-corrected chi connectivity index (χ1v) is 5.30. The van der Waals surface area contributed by atoms with Crippen LogP contribution in [0.2, 0.25) is 5.02 Å². The van der Waals surface area contributed by atoms with Gasteiger partial charge in [-0.1, -0.05) is 17.7 Å². The standard InChI is InChI=1S/C11H15ClFNO/c1-14-11(3-2-6-15)8-4-5-10(13)9(12)7-8/h4-5,7,11,14-15H,2-3,6H2,1H3. The van der Waals surface area contributed by atoms with Gasteiger partial charge in [-0.25, -0.2) is 4.39 Å². The summed E-state index contributed by atoms with van der Waals surface area (Å²) in [6.07, 6.45) is 1.51. The van der Waals surface area contributed by atoms with Gasteiger partial charge in [-0.05, 0) is 37.6 Å². The summed E-state index contributed by atoms with van der Waals surface area (Å²) in [6.45, 7) is 0.160. The fraction of sp³-hybridized carbons (Fsp3) is 0.455. The zero-order valence-electron chi connectivity index (χ0n) is 8.63. The van der Waals surface area contributed by atoms with Gasteiger partial charge in [0, 0.05) is 12.6 Å². The summed E-state index contributed by atoms with van der Waals surface area (Å²) in [5.41, 5.74) is 0.942. The van der Waals surface area contributed by atoms with Gasteiger partial charge >= 0.3 is 0 Å². The highest BCUT2D eigenvalue weighted by molar-refractivity contribution is 6.30. The molecule has 0 heterocycles. The van der Waals surface area contributed by atoms with Gasteiger partial charge in [0.2, 0.25) is 0 Å². The van der Waals surface area contributed by atoms with Crippen LogP contribution in [0.3, 0.4) is 0 Å². The maximum absolute atomic E-state index is 12.9. The number of aliphatic hydroxyl groups excluding tert-OH is 1. The van der Waals surface area contributed by atoms with Crippen LogP contribution in [0.1, 0.15) is 24.4 Å². The first-order valence-electron chi connectivity index (χ1n) is 4.92. The average molecular weight is 232 g/mol. The molecule has 0 aliphatic heterocycles. The molecule has 0 aliphatic rings. The van der Waals surface area contributed by atoms with Crippen LogP contribution in [0, 0.1) is 5.82 Å². The minimum atomic E-state index is -0.405. The van der Waals surface area contributed by atoms with Gasteiger partial charge in [0.15, 0.2) is 0 Å². The van der Waals surface area contributed by atoms with Crippen molar-refractivity contribution >= 4 is 11.6 Å². The molecule has 1 aromatic rings. The van der Waals surface area contributed by atoms with E-state index in [1.807, 2.05) is 7.05 Å². The van der Waals surface area contributed by atoms with E-state index in [-0.39, 0.29) is 17.7 Å². The molecular formula is C11H15ClFNO. The first-order chi connectivity index (χ1) is 7.19. The Balaban J connectivity index is 2.78. The third-order valence-corrected chi connectivity index (χ3v) is 2.64. The average Bonchev–Trinajstić information content (AvgIpc) is 2.24. The fourth-order valence-corrected chi connectivity index (χ4v) is 1.69. The molecule has 1 atom stereocenters. The van der Waals surface area contributed by atoms with Crippen LogP contribution in [0.15, 0.2) is 18.2 Å². The van der Waals surface area contributed by atoms with Crippen LogP contribution < -0.4 is 5.32 Å². The Morgan fingerprint density at radius 1 is 1.53 bits per heavy atom. The molecule has 15 heavy (non-hydrogen) atoms. The van der Waals surface area contributed by atoms with E-state index >= 15 is 0 Å². The SMILES string of the molecule is CNC(CCCO)c1ccc(F)c(Cl)c1. The lowest BCUT2D eigenvalue weighted by atomic mass is 10.0. The third kappa shape index (κ3) is 3.45. The number of hydrogen-bond acceptors (Lipinski definition) is 2. The molecule has 0 amide bonds. The van der Waals surface area contributed by atoms with E-state index in [9.17, 15) is 4.39 Å². The van der Waals surface area contributed by atoms with Gasteiger partial charge in [0.25, 0.3) is 0 Å². The molecule has 1 unspecified atom stereocenters. The summed E-state index contributed by atoms with van der Waals surface area (Å²) in [5, 5.41) is 12.0. The Morgan fingerprint density at radius 2 is 2.27 bits per heavy atom. The molecule has 0 aliphatic carbocycles. The Morgan fingerprint density at radius 3 is 2.80 bits per heavy atom. The van der Waals surface area contributed by atoms with Gasteiger partial charge < -0.3 is 10.4 Å². The third-order valence-electron chi connectivity index (χ3n) is 2.35. The summed E-state index contributed by atoms with van der Waals surface area (Å²) in [6, 6.07) is 4.80. The Bertz CT molecular complexity index is 319. The van der Waals surface area contributed by atoms with Crippen molar-refractivity contribution in [3.05, 3.63) is 34.6 Å². The fourth-order valence-electron chi connectivity index (χ4n) is 1.50.